The van der Waals surface area contributed by atoms with Gasteiger partial charge in [0.15, 0.2) is 5.96 Å². The number of carbonyl (C=O) groups excluding carboxylic acids is 1. The number of aryl methyl sites for hydroxylation is 2. The van der Waals surface area contributed by atoms with Gasteiger partial charge >= 0.3 is 0 Å². The molecule has 1 aliphatic carbocycles. The lowest BCUT2D eigenvalue weighted by molar-refractivity contribution is -0.121. The van der Waals surface area contributed by atoms with Crippen molar-refractivity contribution in [2.45, 2.75) is 65.0 Å². The van der Waals surface area contributed by atoms with Gasteiger partial charge in [0.25, 0.3) is 0 Å². The molecular weight excluding hydrogens is 459 g/mol. The lowest BCUT2D eigenvalue weighted by Crippen LogP contribution is -2.39. The fourth-order valence-corrected chi connectivity index (χ4v) is 2.81. The van der Waals surface area contributed by atoms with Gasteiger partial charge in [-0.1, -0.05) is 0 Å². The van der Waals surface area contributed by atoms with Crippen LogP contribution in [0.2, 0.25) is 0 Å². The highest BCUT2D eigenvalue weighted by molar-refractivity contribution is 14.0. The van der Waals surface area contributed by atoms with Gasteiger partial charge in [0, 0.05) is 31.1 Å². The molecule has 4 N–H and O–H groups in total. The Morgan fingerprint density at radius 1 is 1.37 bits per heavy atom. The van der Waals surface area contributed by atoms with Crippen molar-refractivity contribution in [3.8, 4) is 0 Å². The lowest BCUT2D eigenvalue weighted by atomic mass is 9.96. The molecule has 1 aliphatic rings. The number of aliphatic imine (C=N–C) groups is 1. The van der Waals surface area contributed by atoms with E-state index in [0.29, 0.717) is 30.7 Å². The van der Waals surface area contributed by atoms with Gasteiger partial charge in [-0.25, -0.2) is 4.99 Å². The van der Waals surface area contributed by atoms with Gasteiger partial charge in [0.2, 0.25) is 5.91 Å². The Morgan fingerprint density at radius 2 is 2.07 bits per heavy atom. The topological polar surface area (TPSA) is 98.9 Å². The van der Waals surface area contributed by atoms with Crippen LogP contribution in [0.4, 0.5) is 0 Å². The molecule has 7 nitrogen and oxygen atoms in total. The van der Waals surface area contributed by atoms with Crippen LogP contribution in [-0.2, 0) is 10.4 Å². The van der Waals surface area contributed by atoms with Gasteiger partial charge < -0.3 is 25.5 Å². The van der Waals surface area contributed by atoms with Crippen LogP contribution in [0.3, 0.4) is 0 Å². The quantitative estimate of drug-likeness (QED) is 0.184. The summed E-state index contributed by atoms with van der Waals surface area (Å²) in [6, 6.07) is 2.26. The predicted molar refractivity (Wildman–Crippen MR) is 118 cm³/mol. The number of furan rings is 1. The van der Waals surface area contributed by atoms with Gasteiger partial charge in [-0.3, -0.25) is 4.79 Å². The maximum absolute atomic E-state index is 11.7. The van der Waals surface area contributed by atoms with Gasteiger partial charge in [0.1, 0.15) is 17.1 Å². The Bertz CT molecular complexity index is 639. The van der Waals surface area contributed by atoms with Crippen molar-refractivity contribution >= 4 is 35.8 Å². The number of hydrogen-bond acceptors (Lipinski definition) is 4. The number of amides is 1. The molecule has 8 heteroatoms. The highest BCUT2D eigenvalue weighted by atomic mass is 127. The molecule has 27 heavy (non-hydrogen) atoms. The Labute approximate surface area is 178 Å². The standard InChI is InChI=1S/C19H32N4O3.HI/c1-5-20-18(21-10-6-7-17(24)23-15-8-9-15)22-12-19(4,25)16-11-13(2)26-14(16)3;/h11,15,25H,5-10,12H2,1-4H3,(H,23,24)(H2,20,21,22);1H. The highest BCUT2D eigenvalue weighted by Crippen LogP contribution is 2.27. The van der Waals surface area contributed by atoms with E-state index < -0.39 is 5.60 Å². The van der Waals surface area contributed by atoms with E-state index in [1.165, 1.54) is 0 Å². The first-order valence-electron chi connectivity index (χ1n) is 9.43. The molecule has 1 unspecified atom stereocenters. The van der Waals surface area contributed by atoms with E-state index in [0.717, 1.165) is 37.1 Å². The summed E-state index contributed by atoms with van der Waals surface area (Å²) in [7, 11) is 0. The lowest BCUT2D eigenvalue weighted by Gasteiger charge is -2.21. The average molecular weight is 492 g/mol. The second-order valence-electron chi connectivity index (χ2n) is 7.17. The number of halogens is 1. The normalized spacial score (nSPS) is 16.3. The van der Waals surface area contributed by atoms with E-state index in [4.69, 9.17) is 4.42 Å². The molecule has 0 saturated heterocycles. The van der Waals surface area contributed by atoms with E-state index in [1.807, 2.05) is 26.8 Å². The molecule has 0 spiro atoms. The zero-order valence-electron chi connectivity index (χ0n) is 16.7. The van der Waals surface area contributed by atoms with Crippen molar-refractivity contribution in [2.24, 2.45) is 4.99 Å². The van der Waals surface area contributed by atoms with E-state index in [9.17, 15) is 9.90 Å². The molecule has 2 rings (SSSR count). The zero-order chi connectivity index (χ0) is 19.2. The summed E-state index contributed by atoms with van der Waals surface area (Å²) in [5.74, 6) is 2.23. The minimum atomic E-state index is -1.10. The second-order valence-corrected chi connectivity index (χ2v) is 7.17. The van der Waals surface area contributed by atoms with Crippen LogP contribution in [0.5, 0.6) is 0 Å². The van der Waals surface area contributed by atoms with Gasteiger partial charge in [0.05, 0.1) is 6.54 Å². The summed E-state index contributed by atoms with van der Waals surface area (Å²) < 4.78 is 5.51. The summed E-state index contributed by atoms with van der Waals surface area (Å²) in [5.41, 5.74) is -0.347. The number of rotatable bonds is 9. The SMILES string of the molecule is CCNC(=NCC(C)(O)c1cc(C)oc1C)NCCCC(=O)NC1CC1.I. The monoisotopic (exact) mass is 492 g/mol. The van der Waals surface area contributed by atoms with Crippen LogP contribution in [0.25, 0.3) is 0 Å². The van der Waals surface area contributed by atoms with Gasteiger partial charge in [-0.05, 0) is 53.0 Å². The van der Waals surface area contributed by atoms with Crippen molar-refractivity contribution in [1.82, 2.24) is 16.0 Å². The number of aliphatic hydroxyl groups is 1. The van der Waals surface area contributed by atoms with Crippen LogP contribution in [-0.4, -0.2) is 42.6 Å². The Morgan fingerprint density at radius 3 is 2.63 bits per heavy atom. The number of hydrogen-bond donors (Lipinski definition) is 4. The molecule has 1 fully saturated rings. The summed E-state index contributed by atoms with van der Waals surface area (Å²) >= 11 is 0. The number of carbonyl (C=O) groups is 1. The molecule has 1 aromatic heterocycles. The molecule has 154 valence electrons. The average Bonchev–Trinajstić information content (AvgIpc) is 3.30. The van der Waals surface area contributed by atoms with Gasteiger partial charge in [-0.2, -0.15) is 0 Å². The summed E-state index contributed by atoms with van der Waals surface area (Å²) in [6.45, 7) is 9.01. The number of guanidine groups is 1. The van der Waals surface area contributed by atoms with Crippen molar-refractivity contribution in [1.29, 1.82) is 0 Å². The maximum Gasteiger partial charge on any atom is 0.220 e. The Balaban J connectivity index is 0.00000364. The molecule has 1 heterocycles. The minimum absolute atomic E-state index is 0. The third-order valence-electron chi connectivity index (χ3n) is 4.33. The highest BCUT2D eigenvalue weighted by Gasteiger charge is 2.27. The van der Waals surface area contributed by atoms with Crippen LogP contribution in [0.15, 0.2) is 15.5 Å². The zero-order valence-corrected chi connectivity index (χ0v) is 19.1. The second kappa shape index (κ2) is 10.9. The molecule has 0 aliphatic heterocycles. The smallest absolute Gasteiger partial charge is 0.220 e. The van der Waals surface area contributed by atoms with Crippen LogP contribution in [0, 0.1) is 13.8 Å². The molecule has 1 saturated carbocycles. The van der Waals surface area contributed by atoms with Crippen molar-refractivity contribution in [3.05, 3.63) is 23.2 Å². The minimum Gasteiger partial charge on any atom is -0.466 e. The van der Waals surface area contributed by atoms with Crippen LogP contribution >= 0.6 is 24.0 Å². The van der Waals surface area contributed by atoms with Crippen LogP contribution in [0.1, 0.15) is 56.6 Å². The molecule has 1 atom stereocenters. The summed E-state index contributed by atoms with van der Waals surface area (Å²) in [6.07, 6.45) is 3.46. The van der Waals surface area contributed by atoms with E-state index in [2.05, 4.69) is 20.9 Å². The van der Waals surface area contributed by atoms with Crippen molar-refractivity contribution in [3.63, 3.8) is 0 Å². The first-order valence-corrected chi connectivity index (χ1v) is 9.43. The molecule has 1 amide bonds. The summed E-state index contributed by atoms with van der Waals surface area (Å²) in [5, 5.41) is 20.1. The maximum atomic E-state index is 11.7. The van der Waals surface area contributed by atoms with Crippen molar-refractivity contribution < 1.29 is 14.3 Å². The fraction of sp³-hybridized carbons (Fsp3) is 0.684. The Hall–Kier alpha value is -1.29. The molecule has 0 radical (unpaired) electrons. The number of nitrogens with zero attached hydrogens (tertiary/aromatic N) is 1. The van der Waals surface area contributed by atoms with E-state index in [-0.39, 0.29) is 36.4 Å². The van der Waals surface area contributed by atoms with E-state index in [1.54, 1.807) is 6.92 Å². The first-order chi connectivity index (χ1) is 12.3. The molecule has 0 aromatic carbocycles. The van der Waals surface area contributed by atoms with E-state index >= 15 is 0 Å². The number of nitrogens with one attached hydrogen (secondary N) is 3. The fourth-order valence-electron chi connectivity index (χ4n) is 2.81. The molecular formula is C19H33IN4O3. The van der Waals surface area contributed by atoms with Crippen LogP contribution < -0.4 is 16.0 Å². The Kier molecular flexibility index (Phi) is 9.58. The largest absolute Gasteiger partial charge is 0.466 e. The third kappa shape index (κ3) is 8.08. The first kappa shape index (κ1) is 23.7. The van der Waals surface area contributed by atoms with Gasteiger partial charge in [-0.15, -0.1) is 24.0 Å². The molecule has 0 bridgehead atoms. The third-order valence-corrected chi connectivity index (χ3v) is 4.33. The summed E-state index contributed by atoms with van der Waals surface area (Å²) in [4.78, 5) is 16.2. The molecule has 1 aromatic rings. The van der Waals surface area contributed by atoms with Crippen molar-refractivity contribution in [2.75, 3.05) is 19.6 Å². The predicted octanol–water partition coefficient (Wildman–Crippen LogP) is 2.34.